The van der Waals surface area contributed by atoms with Crippen molar-refractivity contribution >= 4 is 16.8 Å². The highest BCUT2D eigenvalue weighted by Gasteiger charge is 2.42. The zero-order valence-corrected chi connectivity index (χ0v) is 15.0. The molecule has 1 fully saturated rings. The third-order valence-corrected chi connectivity index (χ3v) is 5.55. The van der Waals surface area contributed by atoms with Crippen LogP contribution in [0.4, 0.5) is 0 Å². The molecule has 1 aromatic heterocycles. The smallest absolute Gasteiger partial charge is 0.258 e. The Balaban J connectivity index is 1.31. The topological polar surface area (TPSA) is 54.5 Å². The Labute approximate surface area is 158 Å². The number of hydrogen-bond acceptors (Lipinski definition) is 4. The van der Waals surface area contributed by atoms with E-state index in [1.807, 2.05) is 30.5 Å². The minimum Gasteiger partial charge on any atom is -0.467 e. The number of rotatable bonds is 2. The second kappa shape index (κ2) is 6.35. The van der Waals surface area contributed by atoms with Gasteiger partial charge in [-0.3, -0.25) is 14.7 Å². The minimum atomic E-state index is -0.584. The number of carbonyl (C=O) groups is 1. The first-order chi connectivity index (χ1) is 13.2. The predicted molar refractivity (Wildman–Crippen MR) is 104 cm³/mol. The van der Waals surface area contributed by atoms with Crippen LogP contribution in [0.1, 0.15) is 28.8 Å². The maximum Gasteiger partial charge on any atom is 0.258 e. The summed E-state index contributed by atoms with van der Waals surface area (Å²) in [5, 5.41) is 4.27. The molecule has 1 saturated heterocycles. The number of carbonyl (C=O) groups excluding carboxylic acids is 1. The third kappa shape index (κ3) is 2.94. The van der Waals surface area contributed by atoms with Gasteiger partial charge in [0.1, 0.15) is 5.75 Å². The van der Waals surface area contributed by atoms with Crippen LogP contribution in [0.25, 0.3) is 10.9 Å². The van der Waals surface area contributed by atoms with Crippen LogP contribution in [0.5, 0.6) is 5.75 Å². The Hall–Kier alpha value is -2.92. The van der Waals surface area contributed by atoms with Gasteiger partial charge in [-0.25, -0.2) is 0 Å². The molecule has 0 atom stereocenters. The number of ether oxygens (including phenoxy) is 1. The SMILES string of the molecule is O=C1NC2(CCN(Cc3cccc4cccnc34)CC2)Oc2ccccc21. The molecule has 136 valence electrons. The van der Waals surface area contributed by atoms with Gasteiger partial charge >= 0.3 is 0 Å². The standard InChI is InChI=1S/C22H21N3O2/c26-21-18-8-1-2-9-19(18)27-22(24-21)10-13-25(14-11-22)15-17-6-3-5-16-7-4-12-23-20(16)17/h1-9,12H,10-11,13-15H2,(H,24,26). The van der Waals surface area contributed by atoms with Gasteiger partial charge in [-0.1, -0.05) is 36.4 Å². The molecule has 1 spiro atoms. The van der Waals surface area contributed by atoms with Crippen molar-refractivity contribution in [2.75, 3.05) is 13.1 Å². The lowest BCUT2D eigenvalue weighted by atomic mass is 9.96. The highest BCUT2D eigenvalue weighted by molar-refractivity contribution is 5.98. The normalized spacial score (nSPS) is 18.7. The fourth-order valence-electron chi connectivity index (χ4n) is 4.09. The van der Waals surface area contributed by atoms with Gasteiger partial charge in [0.2, 0.25) is 0 Å². The molecular weight excluding hydrogens is 338 g/mol. The van der Waals surface area contributed by atoms with Gasteiger partial charge < -0.3 is 10.1 Å². The van der Waals surface area contributed by atoms with Crippen LogP contribution in [-0.2, 0) is 6.54 Å². The van der Waals surface area contributed by atoms with Gasteiger partial charge in [0.15, 0.2) is 5.72 Å². The van der Waals surface area contributed by atoms with E-state index >= 15 is 0 Å². The van der Waals surface area contributed by atoms with Crippen LogP contribution in [0.3, 0.4) is 0 Å². The molecule has 27 heavy (non-hydrogen) atoms. The molecule has 2 aliphatic rings. The van der Waals surface area contributed by atoms with E-state index in [0.717, 1.165) is 38.0 Å². The minimum absolute atomic E-state index is 0.0384. The van der Waals surface area contributed by atoms with Crippen LogP contribution in [-0.4, -0.2) is 34.6 Å². The summed E-state index contributed by atoms with van der Waals surface area (Å²) >= 11 is 0. The lowest BCUT2D eigenvalue weighted by Crippen LogP contribution is -2.60. The Morgan fingerprint density at radius 1 is 1.04 bits per heavy atom. The van der Waals surface area contributed by atoms with Gasteiger partial charge in [0.05, 0.1) is 11.1 Å². The van der Waals surface area contributed by atoms with Gasteiger partial charge in [0, 0.05) is 44.1 Å². The molecule has 0 bridgehead atoms. The van der Waals surface area contributed by atoms with Crippen LogP contribution >= 0.6 is 0 Å². The molecule has 3 heterocycles. The number of fused-ring (bicyclic) bond motifs is 2. The summed E-state index contributed by atoms with van der Waals surface area (Å²) in [6.45, 7) is 2.59. The van der Waals surface area contributed by atoms with Crippen molar-refractivity contribution in [3.63, 3.8) is 0 Å². The van der Waals surface area contributed by atoms with Crippen molar-refractivity contribution in [2.45, 2.75) is 25.1 Å². The van der Waals surface area contributed by atoms with Crippen LogP contribution < -0.4 is 10.1 Å². The summed E-state index contributed by atoms with van der Waals surface area (Å²) in [6, 6.07) is 17.9. The Bertz CT molecular complexity index is 1000. The number of para-hydroxylation sites is 2. The van der Waals surface area contributed by atoms with Crippen molar-refractivity contribution in [3.8, 4) is 5.75 Å². The molecule has 0 aliphatic carbocycles. The molecule has 3 aromatic rings. The molecule has 0 radical (unpaired) electrons. The number of aromatic nitrogens is 1. The molecule has 2 aromatic carbocycles. The first kappa shape index (κ1) is 16.3. The number of nitrogens with one attached hydrogen (secondary N) is 1. The molecule has 1 N–H and O–H groups in total. The van der Waals surface area contributed by atoms with E-state index in [1.54, 1.807) is 6.07 Å². The van der Waals surface area contributed by atoms with Gasteiger partial charge in [-0.2, -0.15) is 0 Å². The Morgan fingerprint density at radius 3 is 2.74 bits per heavy atom. The number of pyridine rings is 1. The van der Waals surface area contributed by atoms with Crippen LogP contribution in [0.15, 0.2) is 60.8 Å². The lowest BCUT2D eigenvalue weighted by Gasteiger charge is -2.44. The summed E-state index contributed by atoms with van der Waals surface area (Å²) < 4.78 is 6.23. The fraction of sp³-hybridized carbons (Fsp3) is 0.273. The van der Waals surface area contributed by atoms with E-state index in [4.69, 9.17) is 4.74 Å². The van der Waals surface area contributed by atoms with Gasteiger partial charge in [-0.15, -0.1) is 0 Å². The van der Waals surface area contributed by atoms with E-state index in [0.29, 0.717) is 11.3 Å². The molecule has 2 aliphatic heterocycles. The number of benzene rings is 2. The zero-order chi connectivity index (χ0) is 18.3. The van der Waals surface area contributed by atoms with E-state index < -0.39 is 5.72 Å². The number of hydrogen-bond donors (Lipinski definition) is 1. The molecule has 0 unspecified atom stereocenters. The fourth-order valence-corrected chi connectivity index (χ4v) is 4.09. The van der Waals surface area contributed by atoms with Gasteiger partial charge in [-0.05, 0) is 23.8 Å². The summed E-state index contributed by atoms with van der Waals surface area (Å²) in [7, 11) is 0. The van der Waals surface area contributed by atoms with Crippen molar-refractivity contribution < 1.29 is 9.53 Å². The number of likely N-dealkylation sites (tertiary alicyclic amines) is 1. The third-order valence-electron chi connectivity index (χ3n) is 5.55. The van der Waals surface area contributed by atoms with Crippen molar-refractivity contribution in [2.24, 2.45) is 0 Å². The van der Waals surface area contributed by atoms with E-state index in [9.17, 15) is 4.79 Å². The maximum absolute atomic E-state index is 12.5. The lowest BCUT2D eigenvalue weighted by molar-refractivity contribution is -0.0303. The van der Waals surface area contributed by atoms with Gasteiger partial charge in [0.25, 0.3) is 5.91 Å². The van der Waals surface area contributed by atoms with Crippen molar-refractivity contribution in [1.29, 1.82) is 0 Å². The monoisotopic (exact) mass is 359 g/mol. The number of piperidine rings is 1. The number of nitrogens with zero attached hydrogens (tertiary/aromatic N) is 2. The molecule has 1 amide bonds. The molecule has 5 rings (SSSR count). The van der Waals surface area contributed by atoms with Crippen LogP contribution in [0.2, 0.25) is 0 Å². The zero-order valence-electron chi connectivity index (χ0n) is 15.0. The maximum atomic E-state index is 12.5. The Morgan fingerprint density at radius 2 is 1.85 bits per heavy atom. The quantitative estimate of drug-likeness (QED) is 0.762. The van der Waals surface area contributed by atoms with Crippen molar-refractivity contribution in [1.82, 2.24) is 15.2 Å². The highest BCUT2D eigenvalue weighted by atomic mass is 16.5. The number of amides is 1. The summed E-state index contributed by atoms with van der Waals surface area (Å²) in [5.41, 5.74) is 2.34. The average Bonchev–Trinajstić information content (AvgIpc) is 2.70. The van der Waals surface area contributed by atoms with E-state index in [-0.39, 0.29) is 5.91 Å². The second-order valence-corrected chi connectivity index (χ2v) is 7.32. The largest absolute Gasteiger partial charge is 0.467 e. The van der Waals surface area contributed by atoms with E-state index in [2.05, 4.69) is 39.5 Å². The summed E-state index contributed by atoms with van der Waals surface area (Å²) in [6.07, 6.45) is 3.39. The van der Waals surface area contributed by atoms with Crippen LogP contribution in [0, 0.1) is 0 Å². The molecular formula is C22H21N3O2. The first-order valence-electron chi connectivity index (χ1n) is 9.38. The average molecular weight is 359 g/mol. The van der Waals surface area contributed by atoms with E-state index in [1.165, 1.54) is 10.9 Å². The summed E-state index contributed by atoms with van der Waals surface area (Å²) in [4.78, 5) is 19.4. The highest BCUT2D eigenvalue weighted by Crippen LogP contribution is 2.33. The second-order valence-electron chi connectivity index (χ2n) is 7.32. The first-order valence-corrected chi connectivity index (χ1v) is 9.38. The molecule has 5 heteroatoms. The molecule has 5 nitrogen and oxygen atoms in total. The summed E-state index contributed by atoms with van der Waals surface area (Å²) in [5.74, 6) is 0.650. The predicted octanol–water partition coefficient (Wildman–Crippen LogP) is 3.35. The molecule has 0 saturated carbocycles. The Kier molecular flexibility index (Phi) is 3.83. The van der Waals surface area contributed by atoms with Crippen molar-refractivity contribution in [3.05, 3.63) is 71.9 Å².